The van der Waals surface area contributed by atoms with Gasteiger partial charge in [-0.3, -0.25) is 9.78 Å². The molecule has 1 aliphatic rings. The predicted octanol–water partition coefficient (Wildman–Crippen LogP) is 3.80. The highest BCUT2D eigenvalue weighted by molar-refractivity contribution is 5.99. The fraction of sp³-hybridized carbons (Fsp3) is 0.400. The Kier molecular flexibility index (Phi) is 5.32. The molecule has 3 rings (SSSR count). The number of alkyl halides is 2. The van der Waals surface area contributed by atoms with Gasteiger partial charge in [-0.1, -0.05) is 31.2 Å². The normalized spacial score (nSPS) is 17.6. The molecule has 2 aromatic rings. The summed E-state index contributed by atoms with van der Waals surface area (Å²) in [5.74, 6) is -2.89. The molecule has 0 bridgehead atoms. The van der Waals surface area contributed by atoms with E-state index in [-0.39, 0.29) is 31.3 Å². The summed E-state index contributed by atoms with van der Waals surface area (Å²) in [7, 11) is 0. The fourth-order valence-electron chi connectivity index (χ4n) is 3.02. The zero-order valence-electron chi connectivity index (χ0n) is 14.6. The monoisotopic (exact) mass is 360 g/mol. The van der Waals surface area contributed by atoms with Crippen LogP contribution >= 0.6 is 0 Å². The summed E-state index contributed by atoms with van der Waals surface area (Å²) in [6.45, 7) is 2.23. The molecule has 0 aliphatic heterocycles. The standard InChI is InChI=1S/C20H22F2N2O2/c1-13(12-25)10-24-19(26)16-9-15-3-2-4-17(18(15)23-11-16)14-5-7-20(21,22)8-6-14/h2-5,9,11,13,25H,6-8,10,12H2,1H3,(H,24,26). The van der Waals surface area contributed by atoms with E-state index >= 15 is 0 Å². The summed E-state index contributed by atoms with van der Waals surface area (Å²) in [5, 5.41) is 12.6. The Morgan fingerprint density at radius 1 is 1.42 bits per heavy atom. The number of aromatic nitrogens is 1. The summed E-state index contributed by atoms with van der Waals surface area (Å²) in [4.78, 5) is 16.7. The largest absolute Gasteiger partial charge is 0.396 e. The third-order valence-corrected chi connectivity index (χ3v) is 4.65. The van der Waals surface area contributed by atoms with Gasteiger partial charge in [0, 0.05) is 43.1 Å². The summed E-state index contributed by atoms with van der Waals surface area (Å²) in [6.07, 6.45) is 3.01. The smallest absolute Gasteiger partial charge is 0.252 e. The molecular weight excluding hydrogens is 338 g/mol. The third-order valence-electron chi connectivity index (χ3n) is 4.65. The Hall–Kier alpha value is -2.34. The number of aliphatic hydroxyl groups is 1. The van der Waals surface area contributed by atoms with E-state index in [1.807, 2.05) is 25.1 Å². The van der Waals surface area contributed by atoms with E-state index in [1.54, 1.807) is 12.1 Å². The van der Waals surface area contributed by atoms with Gasteiger partial charge in [-0.15, -0.1) is 0 Å². The molecule has 1 atom stereocenters. The Balaban J connectivity index is 1.86. The van der Waals surface area contributed by atoms with E-state index in [1.165, 1.54) is 6.20 Å². The number of hydrogen-bond acceptors (Lipinski definition) is 3. The van der Waals surface area contributed by atoms with E-state index in [4.69, 9.17) is 5.11 Å². The first kappa shape index (κ1) is 18.5. The minimum atomic E-state index is -2.63. The lowest BCUT2D eigenvalue weighted by Gasteiger charge is -2.22. The van der Waals surface area contributed by atoms with Crippen LogP contribution in [0.2, 0.25) is 0 Å². The number of nitrogens with one attached hydrogen (secondary N) is 1. The molecule has 0 saturated heterocycles. The topological polar surface area (TPSA) is 62.2 Å². The van der Waals surface area contributed by atoms with Crippen LogP contribution in [-0.2, 0) is 0 Å². The number of amides is 1. The van der Waals surface area contributed by atoms with Crippen molar-refractivity contribution in [3.05, 3.63) is 47.7 Å². The lowest BCUT2D eigenvalue weighted by molar-refractivity contribution is -0.00602. The van der Waals surface area contributed by atoms with Crippen molar-refractivity contribution >= 4 is 22.4 Å². The van der Waals surface area contributed by atoms with Gasteiger partial charge in [0.25, 0.3) is 11.8 Å². The van der Waals surface area contributed by atoms with Crippen LogP contribution in [0.5, 0.6) is 0 Å². The van der Waals surface area contributed by atoms with E-state index in [9.17, 15) is 13.6 Å². The first-order valence-electron chi connectivity index (χ1n) is 8.75. The Bertz CT molecular complexity index is 849. The van der Waals surface area contributed by atoms with Crippen molar-refractivity contribution in [3.63, 3.8) is 0 Å². The van der Waals surface area contributed by atoms with Crippen LogP contribution in [0.15, 0.2) is 36.5 Å². The Morgan fingerprint density at radius 3 is 2.92 bits per heavy atom. The molecule has 1 amide bonds. The molecule has 0 fully saturated rings. The van der Waals surface area contributed by atoms with Crippen LogP contribution in [-0.4, -0.2) is 35.1 Å². The van der Waals surface area contributed by atoms with Gasteiger partial charge in [0.1, 0.15) is 0 Å². The van der Waals surface area contributed by atoms with Crippen molar-refractivity contribution in [2.24, 2.45) is 5.92 Å². The molecule has 4 nitrogen and oxygen atoms in total. The van der Waals surface area contributed by atoms with Crippen molar-refractivity contribution in [1.29, 1.82) is 0 Å². The maximum Gasteiger partial charge on any atom is 0.252 e. The molecular formula is C20H22F2N2O2. The second kappa shape index (κ2) is 7.50. The number of rotatable bonds is 5. The van der Waals surface area contributed by atoms with Gasteiger partial charge < -0.3 is 10.4 Å². The second-order valence-electron chi connectivity index (χ2n) is 6.89. The van der Waals surface area contributed by atoms with Gasteiger partial charge >= 0.3 is 0 Å². The maximum absolute atomic E-state index is 13.4. The number of pyridine rings is 1. The predicted molar refractivity (Wildman–Crippen MR) is 97.1 cm³/mol. The van der Waals surface area contributed by atoms with Crippen LogP contribution in [0.1, 0.15) is 42.1 Å². The van der Waals surface area contributed by atoms with Crippen LogP contribution in [0, 0.1) is 5.92 Å². The van der Waals surface area contributed by atoms with Gasteiger partial charge in [0.15, 0.2) is 0 Å². The van der Waals surface area contributed by atoms with E-state index in [2.05, 4.69) is 10.3 Å². The van der Waals surface area contributed by atoms with Crippen LogP contribution in [0.4, 0.5) is 8.78 Å². The lowest BCUT2D eigenvalue weighted by Crippen LogP contribution is -2.29. The molecule has 1 aromatic heterocycles. The van der Waals surface area contributed by atoms with Crippen molar-refractivity contribution in [3.8, 4) is 0 Å². The molecule has 1 unspecified atom stereocenters. The highest BCUT2D eigenvalue weighted by Crippen LogP contribution is 2.37. The number of aliphatic hydroxyl groups excluding tert-OH is 1. The van der Waals surface area contributed by atoms with Gasteiger partial charge in [0.05, 0.1) is 11.1 Å². The Labute approximate surface area is 150 Å². The van der Waals surface area contributed by atoms with Crippen LogP contribution < -0.4 is 5.32 Å². The zero-order valence-corrected chi connectivity index (χ0v) is 14.6. The molecule has 1 aliphatic carbocycles. The number of nitrogens with zero attached hydrogens (tertiary/aromatic N) is 1. The molecule has 0 radical (unpaired) electrons. The van der Waals surface area contributed by atoms with Gasteiger partial charge in [-0.2, -0.15) is 0 Å². The first-order valence-corrected chi connectivity index (χ1v) is 8.75. The lowest BCUT2D eigenvalue weighted by atomic mass is 9.90. The van der Waals surface area contributed by atoms with E-state index in [0.717, 1.165) is 16.5 Å². The minimum absolute atomic E-state index is 0.00771. The molecule has 26 heavy (non-hydrogen) atoms. The molecule has 6 heteroatoms. The molecule has 2 N–H and O–H groups in total. The average Bonchev–Trinajstić information content (AvgIpc) is 2.65. The molecule has 0 spiro atoms. The third kappa shape index (κ3) is 4.07. The number of carbonyl (C=O) groups excluding carboxylic acids is 1. The summed E-state index contributed by atoms with van der Waals surface area (Å²) >= 11 is 0. The average molecular weight is 360 g/mol. The number of benzene rings is 1. The quantitative estimate of drug-likeness (QED) is 0.853. The van der Waals surface area contributed by atoms with E-state index < -0.39 is 5.92 Å². The van der Waals surface area contributed by atoms with Crippen molar-refractivity contribution in [2.45, 2.75) is 32.1 Å². The van der Waals surface area contributed by atoms with Crippen LogP contribution in [0.3, 0.4) is 0 Å². The van der Waals surface area contributed by atoms with Gasteiger partial charge in [-0.25, -0.2) is 8.78 Å². The maximum atomic E-state index is 13.4. The summed E-state index contributed by atoms with van der Waals surface area (Å²) in [6, 6.07) is 7.34. The number of halogens is 2. The second-order valence-corrected chi connectivity index (χ2v) is 6.89. The zero-order chi connectivity index (χ0) is 18.7. The number of carbonyl (C=O) groups is 1. The number of fused-ring (bicyclic) bond motifs is 1. The summed E-state index contributed by atoms with van der Waals surface area (Å²) < 4.78 is 26.8. The SMILES string of the molecule is CC(CO)CNC(=O)c1cnc2c(C3=CCC(F)(F)CC3)cccc2c1. The molecule has 1 heterocycles. The van der Waals surface area contributed by atoms with Crippen molar-refractivity contribution < 1.29 is 18.7 Å². The van der Waals surface area contributed by atoms with Gasteiger partial charge in [0.2, 0.25) is 0 Å². The number of allylic oxidation sites excluding steroid dienone is 2. The van der Waals surface area contributed by atoms with E-state index in [0.29, 0.717) is 24.0 Å². The molecule has 1 aromatic carbocycles. The first-order chi connectivity index (χ1) is 12.4. The van der Waals surface area contributed by atoms with Crippen molar-refractivity contribution in [1.82, 2.24) is 10.3 Å². The van der Waals surface area contributed by atoms with Crippen molar-refractivity contribution in [2.75, 3.05) is 13.2 Å². The van der Waals surface area contributed by atoms with Gasteiger partial charge in [-0.05, 0) is 24.0 Å². The highest BCUT2D eigenvalue weighted by Gasteiger charge is 2.31. The highest BCUT2D eigenvalue weighted by atomic mass is 19.3. The summed E-state index contributed by atoms with van der Waals surface area (Å²) in [5.41, 5.74) is 2.87. The number of hydrogen-bond donors (Lipinski definition) is 2. The Morgan fingerprint density at radius 2 is 2.23 bits per heavy atom. The molecule has 0 saturated carbocycles. The molecule has 138 valence electrons. The van der Waals surface area contributed by atoms with Crippen LogP contribution in [0.25, 0.3) is 16.5 Å². The fourth-order valence-corrected chi connectivity index (χ4v) is 3.02. The minimum Gasteiger partial charge on any atom is -0.396 e. The number of para-hydroxylation sites is 1.